The number of carboxylic acid groups (broad SMARTS) is 1. The summed E-state index contributed by atoms with van der Waals surface area (Å²) < 4.78 is 0. The Hall–Kier alpha value is -0.870. The van der Waals surface area contributed by atoms with Gasteiger partial charge in [0.1, 0.15) is 0 Å². The molecule has 1 rings (SSSR count). The van der Waals surface area contributed by atoms with E-state index in [0.29, 0.717) is 19.1 Å². The topological polar surface area (TPSA) is 60.8 Å². The SMILES string of the molecule is CC(=CC(=O)O)CN(CCO)C1CCCC1. The normalized spacial score (nSPS) is 18.3. The highest BCUT2D eigenvalue weighted by Crippen LogP contribution is 2.23. The Balaban J connectivity index is 2.52. The van der Waals surface area contributed by atoms with Crippen LogP contribution < -0.4 is 0 Å². The number of carboxylic acids is 1. The summed E-state index contributed by atoms with van der Waals surface area (Å²) in [5.74, 6) is -0.895. The molecule has 1 saturated carbocycles. The number of aliphatic hydroxyl groups is 1. The number of hydrogen-bond acceptors (Lipinski definition) is 3. The summed E-state index contributed by atoms with van der Waals surface area (Å²) in [4.78, 5) is 12.7. The number of hydrogen-bond donors (Lipinski definition) is 2. The van der Waals surface area contributed by atoms with Gasteiger partial charge < -0.3 is 10.2 Å². The van der Waals surface area contributed by atoms with Gasteiger partial charge in [-0.25, -0.2) is 4.79 Å². The summed E-state index contributed by atoms with van der Waals surface area (Å²) in [6.45, 7) is 3.25. The van der Waals surface area contributed by atoms with Crippen LogP contribution in [-0.2, 0) is 4.79 Å². The maximum atomic E-state index is 10.5. The standard InChI is InChI=1S/C12H21NO3/c1-10(8-12(15)16)9-13(6-7-14)11-4-2-3-5-11/h8,11,14H,2-7,9H2,1H3,(H,15,16). The van der Waals surface area contributed by atoms with E-state index in [0.717, 1.165) is 5.57 Å². The fourth-order valence-electron chi connectivity index (χ4n) is 2.37. The lowest BCUT2D eigenvalue weighted by molar-refractivity contribution is -0.131. The highest BCUT2D eigenvalue weighted by atomic mass is 16.4. The van der Waals surface area contributed by atoms with Gasteiger partial charge in [-0.05, 0) is 19.8 Å². The van der Waals surface area contributed by atoms with E-state index in [-0.39, 0.29) is 6.61 Å². The zero-order valence-electron chi connectivity index (χ0n) is 9.85. The Morgan fingerprint density at radius 2 is 2.06 bits per heavy atom. The van der Waals surface area contributed by atoms with Crippen LogP contribution in [-0.4, -0.2) is 46.8 Å². The molecule has 1 aliphatic rings. The summed E-state index contributed by atoms with van der Waals surface area (Å²) >= 11 is 0. The highest BCUT2D eigenvalue weighted by Gasteiger charge is 2.22. The number of aliphatic hydroxyl groups excluding tert-OH is 1. The predicted molar refractivity (Wildman–Crippen MR) is 62.3 cm³/mol. The molecule has 0 unspecified atom stereocenters. The van der Waals surface area contributed by atoms with Crippen LogP contribution in [0.5, 0.6) is 0 Å². The van der Waals surface area contributed by atoms with Crippen molar-refractivity contribution in [1.29, 1.82) is 0 Å². The van der Waals surface area contributed by atoms with Crippen molar-refractivity contribution < 1.29 is 15.0 Å². The van der Waals surface area contributed by atoms with E-state index in [2.05, 4.69) is 4.90 Å². The number of carbonyl (C=O) groups is 1. The van der Waals surface area contributed by atoms with Crippen LogP contribution in [0.1, 0.15) is 32.6 Å². The van der Waals surface area contributed by atoms with Crippen molar-refractivity contribution in [3.05, 3.63) is 11.6 Å². The van der Waals surface area contributed by atoms with Crippen molar-refractivity contribution in [2.45, 2.75) is 38.6 Å². The lowest BCUT2D eigenvalue weighted by Gasteiger charge is -2.28. The first kappa shape index (κ1) is 13.2. The van der Waals surface area contributed by atoms with Crippen LogP contribution in [0.4, 0.5) is 0 Å². The molecule has 1 aliphatic carbocycles. The Labute approximate surface area is 96.6 Å². The molecule has 0 radical (unpaired) electrons. The molecule has 16 heavy (non-hydrogen) atoms. The first-order valence-electron chi connectivity index (χ1n) is 5.88. The van der Waals surface area contributed by atoms with Gasteiger partial charge in [0.2, 0.25) is 0 Å². The van der Waals surface area contributed by atoms with E-state index in [1.807, 2.05) is 6.92 Å². The van der Waals surface area contributed by atoms with Crippen LogP contribution in [0.2, 0.25) is 0 Å². The van der Waals surface area contributed by atoms with Gasteiger partial charge in [-0.3, -0.25) is 4.90 Å². The zero-order chi connectivity index (χ0) is 12.0. The van der Waals surface area contributed by atoms with Crippen LogP contribution in [0, 0.1) is 0 Å². The van der Waals surface area contributed by atoms with Crippen LogP contribution in [0.3, 0.4) is 0 Å². The predicted octanol–water partition coefficient (Wildman–Crippen LogP) is 1.25. The third kappa shape index (κ3) is 4.33. The molecule has 92 valence electrons. The number of aliphatic carboxylic acids is 1. The number of nitrogens with zero attached hydrogens (tertiary/aromatic N) is 1. The Bertz CT molecular complexity index is 257. The van der Waals surface area contributed by atoms with Crippen molar-refractivity contribution in [2.24, 2.45) is 0 Å². The largest absolute Gasteiger partial charge is 0.478 e. The molecule has 2 N–H and O–H groups in total. The van der Waals surface area contributed by atoms with E-state index in [4.69, 9.17) is 10.2 Å². The van der Waals surface area contributed by atoms with Gasteiger partial charge in [-0.2, -0.15) is 0 Å². The summed E-state index contributed by atoms with van der Waals surface area (Å²) in [5, 5.41) is 17.7. The van der Waals surface area contributed by atoms with Crippen molar-refractivity contribution in [1.82, 2.24) is 4.90 Å². The van der Waals surface area contributed by atoms with E-state index < -0.39 is 5.97 Å². The molecule has 0 atom stereocenters. The maximum Gasteiger partial charge on any atom is 0.328 e. The third-order valence-corrected chi connectivity index (χ3v) is 3.05. The summed E-state index contributed by atoms with van der Waals surface area (Å²) in [7, 11) is 0. The first-order valence-corrected chi connectivity index (χ1v) is 5.88. The van der Waals surface area contributed by atoms with Gasteiger partial charge in [-0.1, -0.05) is 18.4 Å². The van der Waals surface area contributed by atoms with Crippen molar-refractivity contribution in [3.63, 3.8) is 0 Å². The molecule has 0 aromatic carbocycles. The molecule has 0 bridgehead atoms. The lowest BCUT2D eigenvalue weighted by atomic mass is 10.1. The zero-order valence-corrected chi connectivity index (χ0v) is 9.85. The van der Waals surface area contributed by atoms with Gasteiger partial charge in [0.25, 0.3) is 0 Å². The maximum absolute atomic E-state index is 10.5. The van der Waals surface area contributed by atoms with Gasteiger partial charge in [-0.15, -0.1) is 0 Å². The minimum atomic E-state index is -0.895. The molecule has 1 fully saturated rings. The summed E-state index contributed by atoms with van der Waals surface area (Å²) in [6, 6.07) is 0.518. The second kappa shape index (κ2) is 6.66. The van der Waals surface area contributed by atoms with Gasteiger partial charge in [0.05, 0.1) is 6.61 Å². The van der Waals surface area contributed by atoms with Gasteiger partial charge in [0.15, 0.2) is 0 Å². The minimum absolute atomic E-state index is 0.136. The molecular formula is C12H21NO3. The molecule has 4 heteroatoms. The fourth-order valence-corrected chi connectivity index (χ4v) is 2.37. The van der Waals surface area contributed by atoms with Crippen molar-refractivity contribution in [2.75, 3.05) is 19.7 Å². The fraction of sp³-hybridized carbons (Fsp3) is 0.750. The molecule has 0 heterocycles. The van der Waals surface area contributed by atoms with E-state index in [9.17, 15) is 4.79 Å². The van der Waals surface area contributed by atoms with Crippen LogP contribution in [0.15, 0.2) is 11.6 Å². The van der Waals surface area contributed by atoms with Crippen molar-refractivity contribution in [3.8, 4) is 0 Å². The molecule has 0 amide bonds. The molecule has 0 aromatic rings. The molecular weight excluding hydrogens is 206 g/mol. The Kier molecular flexibility index (Phi) is 5.49. The Morgan fingerprint density at radius 3 is 2.56 bits per heavy atom. The molecule has 0 saturated heterocycles. The highest BCUT2D eigenvalue weighted by molar-refractivity contribution is 5.80. The molecule has 0 aliphatic heterocycles. The smallest absolute Gasteiger partial charge is 0.328 e. The van der Waals surface area contributed by atoms with Crippen LogP contribution >= 0.6 is 0 Å². The molecule has 4 nitrogen and oxygen atoms in total. The third-order valence-electron chi connectivity index (χ3n) is 3.05. The lowest BCUT2D eigenvalue weighted by Crippen LogP contribution is -2.36. The number of rotatable bonds is 6. The van der Waals surface area contributed by atoms with Gasteiger partial charge >= 0.3 is 5.97 Å². The minimum Gasteiger partial charge on any atom is -0.478 e. The van der Waals surface area contributed by atoms with Crippen molar-refractivity contribution >= 4 is 5.97 Å². The molecule has 0 aromatic heterocycles. The summed E-state index contributed by atoms with van der Waals surface area (Å²) in [6.07, 6.45) is 6.07. The van der Waals surface area contributed by atoms with E-state index >= 15 is 0 Å². The summed E-state index contributed by atoms with van der Waals surface area (Å²) in [5.41, 5.74) is 0.841. The second-order valence-corrected chi connectivity index (χ2v) is 4.46. The Morgan fingerprint density at radius 1 is 1.44 bits per heavy atom. The average Bonchev–Trinajstić information content (AvgIpc) is 2.68. The van der Waals surface area contributed by atoms with Gasteiger partial charge in [0, 0.05) is 25.2 Å². The average molecular weight is 227 g/mol. The first-order chi connectivity index (χ1) is 7.63. The van der Waals surface area contributed by atoms with Crippen LogP contribution in [0.25, 0.3) is 0 Å². The van der Waals surface area contributed by atoms with E-state index in [1.54, 1.807) is 0 Å². The van der Waals surface area contributed by atoms with E-state index in [1.165, 1.54) is 31.8 Å². The monoisotopic (exact) mass is 227 g/mol. The quantitative estimate of drug-likeness (QED) is 0.670. The molecule has 0 spiro atoms. The second-order valence-electron chi connectivity index (χ2n) is 4.46.